The number of aliphatic carboxylic acids is 1. The highest BCUT2D eigenvalue weighted by molar-refractivity contribution is 6.32. The van der Waals surface area contributed by atoms with Gasteiger partial charge < -0.3 is 19.8 Å². The minimum atomic E-state index is -1.70. The van der Waals surface area contributed by atoms with E-state index in [0.717, 1.165) is 0 Å². The van der Waals surface area contributed by atoms with Gasteiger partial charge in [-0.1, -0.05) is 23.7 Å². The van der Waals surface area contributed by atoms with Gasteiger partial charge >= 0.3 is 5.97 Å². The van der Waals surface area contributed by atoms with E-state index in [1.807, 2.05) is 12.1 Å². The van der Waals surface area contributed by atoms with Gasteiger partial charge in [-0.3, -0.25) is 4.79 Å². The maximum Gasteiger partial charge on any atom is 0.335 e. The van der Waals surface area contributed by atoms with Gasteiger partial charge in [0.2, 0.25) is 5.91 Å². The monoisotopic (exact) mass is 341 g/mol. The molecule has 0 saturated carbocycles. The molecule has 1 aliphatic rings. The molecule has 0 bridgehead atoms. The Morgan fingerprint density at radius 3 is 2.52 bits per heavy atom. The molecule has 6 nitrogen and oxygen atoms in total. The number of piperidine rings is 1. The Bertz CT molecular complexity index is 569. The van der Waals surface area contributed by atoms with E-state index in [0.29, 0.717) is 30.2 Å². The number of nitrogens with zero attached hydrogens (tertiary/aromatic N) is 1. The summed E-state index contributed by atoms with van der Waals surface area (Å²) < 4.78 is 5.52. The summed E-state index contributed by atoms with van der Waals surface area (Å²) in [7, 11) is 0. The molecule has 23 heavy (non-hydrogen) atoms. The first-order valence-electron chi connectivity index (χ1n) is 7.53. The van der Waals surface area contributed by atoms with Gasteiger partial charge in [0.05, 0.1) is 11.6 Å². The topological polar surface area (TPSA) is 87.1 Å². The van der Waals surface area contributed by atoms with Gasteiger partial charge in [-0.15, -0.1) is 0 Å². The lowest BCUT2D eigenvalue weighted by Crippen LogP contribution is -2.50. The van der Waals surface area contributed by atoms with Crippen LogP contribution in [0, 0.1) is 0 Å². The van der Waals surface area contributed by atoms with Crippen molar-refractivity contribution in [3.8, 4) is 5.75 Å². The molecule has 0 spiro atoms. The lowest BCUT2D eigenvalue weighted by molar-refractivity contribution is -0.165. The van der Waals surface area contributed by atoms with Gasteiger partial charge in [-0.05, 0) is 18.6 Å². The van der Waals surface area contributed by atoms with Gasteiger partial charge in [-0.2, -0.15) is 0 Å². The fourth-order valence-corrected chi connectivity index (χ4v) is 2.66. The number of carbonyl (C=O) groups excluding carboxylic acids is 1. The van der Waals surface area contributed by atoms with Crippen molar-refractivity contribution < 1.29 is 24.5 Å². The van der Waals surface area contributed by atoms with Crippen molar-refractivity contribution in [1.29, 1.82) is 0 Å². The van der Waals surface area contributed by atoms with Crippen LogP contribution >= 0.6 is 11.6 Å². The lowest BCUT2D eigenvalue weighted by Gasteiger charge is -2.35. The quantitative estimate of drug-likeness (QED) is 0.772. The third-order valence-corrected chi connectivity index (χ3v) is 4.28. The molecule has 0 unspecified atom stereocenters. The zero-order valence-electron chi connectivity index (χ0n) is 12.7. The first-order valence-corrected chi connectivity index (χ1v) is 7.91. The van der Waals surface area contributed by atoms with Crippen molar-refractivity contribution >= 4 is 23.5 Å². The van der Waals surface area contributed by atoms with Crippen molar-refractivity contribution in [2.24, 2.45) is 0 Å². The number of carboxylic acids is 1. The van der Waals surface area contributed by atoms with Crippen LogP contribution in [0.3, 0.4) is 0 Å². The molecular weight excluding hydrogens is 322 g/mol. The molecule has 7 heteroatoms. The molecule has 1 aliphatic heterocycles. The number of hydrogen-bond donors (Lipinski definition) is 2. The van der Waals surface area contributed by atoms with Crippen molar-refractivity contribution in [2.45, 2.75) is 31.3 Å². The summed E-state index contributed by atoms with van der Waals surface area (Å²) in [6.45, 7) is 0.891. The number of halogens is 1. The number of benzene rings is 1. The Morgan fingerprint density at radius 2 is 1.91 bits per heavy atom. The zero-order chi connectivity index (χ0) is 16.9. The first kappa shape index (κ1) is 17.6. The van der Waals surface area contributed by atoms with Crippen LogP contribution in [0.25, 0.3) is 0 Å². The molecule has 1 heterocycles. The Labute approximate surface area is 139 Å². The van der Waals surface area contributed by atoms with Crippen LogP contribution < -0.4 is 4.74 Å². The fraction of sp³-hybridized carbons (Fsp3) is 0.500. The van der Waals surface area contributed by atoms with E-state index in [2.05, 4.69) is 0 Å². The molecule has 1 aromatic rings. The Balaban J connectivity index is 1.70. The number of likely N-dealkylation sites (tertiary alicyclic amines) is 1. The van der Waals surface area contributed by atoms with Crippen molar-refractivity contribution in [3.05, 3.63) is 29.3 Å². The van der Waals surface area contributed by atoms with Crippen LogP contribution in [0.15, 0.2) is 24.3 Å². The molecule has 1 fully saturated rings. The molecule has 0 radical (unpaired) electrons. The van der Waals surface area contributed by atoms with E-state index in [1.54, 1.807) is 17.0 Å². The molecule has 0 aromatic heterocycles. The van der Waals surface area contributed by atoms with E-state index in [9.17, 15) is 14.7 Å². The van der Waals surface area contributed by atoms with Gasteiger partial charge in [0.15, 0.2) is 5.60 Å². The predicted molar refractivity (Wildman–Crippen MR) is 84.6 cm³/mol. The number of ether oxygens (including phenoxy) is 1. The normalized spacial score (nSPS) is 16.9. The molecule has 1 saturated heterocycles. The number of carboxylic acid groups (broad SMARTS) is 1. The van der Waals surface area contributed by atoms with Crippen LogP contribution in [0.1, 0.15) is 25.7 Å². The highest BCUT2D eigenvalue weighted by atomic mass is 35.5. The Hall–Kier alpha value is -1.79. The first-order chi connectivity index (χ1) is 10.9. The van der Waals surface area contributed by atoms with E-state index < -0.39 is 11.6 Å². The Kier molecular flexibility index (Phi) is 5.85. The van der Waals surface area contributed by atoms with Crippen LogP contribution in [0.2, 0.25) is 5.02 Å². The van der Waals surface area contributed by atoms with Crippen molar-refractivity contribution in [3.63, 3.8) is 0 Å². The molecule has 0 atom stereocenters. The van der Waals surface area contributed by atoms with Gasteiger partial charge in [0, 0.05) is 32.4 Å². The zero-order valence-corrected chi connectivity index (χ0v) is 13.5. The minimum absolute atomic E-state index is 0.0554. The summed E-state index contributed by atoms with van der Waals surface area (Å²) in [6, 6.07) is 7.14. The summed E-state index contributed by atoms with van der Waals surface area (Å²) in [5, 5.41) is 19.3. The number of para-hydroxylation sites is 1. The van der Waals surface area contributed by atoms with Crippen LogP contribution in [-0.4, -0.2) is 52.3 Å². The highest BCUT2D eigenvalue weighted by Crippen LogP contribution is 2.24. The second kappa shape index (κ2) is 7.66. The SMILES string of the molecule is O=C(CCCOc1ccccc1Cl)N1CCC(O)(C(=O)O)CC1. The van der Waals surface area contributed by atoms with E-state index in [1.165, 1.54) is 0 Å². The lowest BCUT2D eigenvalue weighted by atomic mass is 9.91. The number of carbonyl (C=O) groups is 2. The minimum Gasteiger partial charge on any atom is -0.492 e. The Morgan fingerprint density at radius 1 is 1.26 bits per heavy atom. The summed E-state index contributed by atoms with van der Waals surface area (Å²) >= 11 is 5.97. The number of amides is 1. The van der Waals surface area contributed by atoms with Gasteiger partial charge in [0.25, 0.3) is 0 Å². The summed E-state index contributed by atoms with van der Waals surface area (Å²) in [6.07, 6.45) is 0.980. The number of aliphatic hydroxyl groups is 1. The second-order valence-electron chi connectivity index (χ2n) is 5.60. The van der Waals surface area contributed by atoms with E-state index in [4.69, 9.17) is 21.4 Å². The average molecular weight is 342 g/mol. The van der Waals surface area contributed by atoms with E-state index >= 15 is 0 Å². The summed E-state index contributed by atoms with van der Waals surface area (Å²) in [4.78, 5) is 24.6. The molecule has 0 aliphatic carbocycles. The maximum atomic E-state index is 12.1. The average Bonchev–Trinajstić information content (AvgIpc) is 2.53. The van der Waals surface area contributed by atoms with E-state index in [-0.39, 0.29) is 31.8 Å². The summed E-state index contributed by atoms with van der Waals surface area (Å²) in [5.74, 6) is -0.691. The molecule has 126 valence electrons. The van der Waals surface area contributed by atoms with Crippen molar-refractivity contribution in [2.75, 3.05) is 19.7 Å². The van der Waals surface area contributed by atoms with Crippen LogP contribution in [0.4, 0.5) is 0 Å². The fourth-order valence-electron chi connectivity index (χ4n) is 2.47. The van der Waals surface area contributed by atoms with Gasteiger partial charge in [-0.25, -0.2) is 4.79 Å². The molecular formula is C16H20ClNO5. The molecule has 1 aromatic carbocycles. The highest BCUT2D eigenvalue weighted by Gasteiger charge is 2.40. The summed E-state index contributed by atoms with van der Waals surface area (Å²) in [5.41, 5.74) is -1.70. The largest absolute Gasteiger partial charge is 0.492 e. The third kappa shape index (κ3) is 4.59. The molecule has 2 rings (SSSR count). The van der Waals surface area contributed by atoms with Gasteiger partial charge in [0.1, 0.15) is 5.75 Å². The smallest absolute Gasteiger partial charge is 0.335 e. The standard InChI is InChI=1S/C16H20ClNO5/c17-12-4-1-2-5-13(12)23-11-3-6-14(19)18-9-7-16(22,8-10-18)15(20)21/h1-2,4-5,22H,3,6-11H2,(H,20,21). The molecule has 2 N–H and O–H groups in total. The number of hydrogen-bond acceptors (Lipinski definition) is 4. The number of rotatable bonds is 6. The second-order valence-corrected chi connectivity index (χ2v) is 6.01. The van der Waals surface area contributed by atoms with Crippen molar-refractivity contribution in [1.82, 2.24) is 4.90 Å². The third-order valence-electron chi connectivity index (χ3n) is 3.97. The maximum absolute atomic E-state index is 12.1. The molecule has 1 amide bonds. The van der Waals surface area contributed by atoms with Crippen LogP contribution in [0.5, 0.6) is 5.75 Å². The van der Waals surface area contributed by atoms with Crippen LogP contribution in [-0.2, 0) is 9.59 Å². The predicted octanol–water partition coefficient (Wildman–Crippen LogP) is 1.94.